The van der Waals surface area contributed by atoms with Gasteiger partial charge in [-0.2, -0.15) is 0 Å². The van der Waals surface area contributed by atoms with Gasteiger partial charge in [-0.3, -0.25) is 4.79 Å². The van der Waals surface area contributed by atoms with Crippen molar-refractivity contribution in [3.05, 3.63) is 35.9 Å². The van der Waals surface area contributed by atoms with Crippen molar-refractivity contribution in [3.63, 3.8) is 0 Å². The van der Waals surface area contributed by atoms with E-state index >= 15 is 0 Å². The summed E-state index contributed by atoms with van der Waals surface area (Å²) in [6.07, 6.45) is 1.77. The van der Waals surface area contributed by atoms with Crippen LogP contribution < -0.4 is 10.6 Å². The summed E-state index contributed by atoms with van der Waals surface area (Å²) in [6.45, 7) is 8.16. The van der Waals surface area contributed by atoms with E-state index < -0.39 is 11.6 Å². The van der Waals surface area contributed by atoms with Crippen molar-refractivity contribution in [3.8, 4) is 0 Å². The average Bonchev–Trinajstić information content (AvgIpc) is 2.54. The second-order valence-electron chi connectivity index (χ2n) is 8.18. The van der Waals surface area contributed by atoms with Gasteiger partial charge in [-0.25, -0.2) is 4.79 Å². The summed E-state index contributed by atoms with van der Waals surface area (Å²) >= 11 is 0. The minimum absolute atomic E-state index is 0.0276. The third-order valence-corrected chi connectivity index (χ3v) is 5.65. The van der Waals surface area contributed by atoms with E-state index in [2.05, 4.69) is 31.4 Å². The number of rotatable bonds is 4. The van der Waals surface area contributed by atoms with Gasteiger partial charge in [0.15, 0.2) is 0 Å². The number of benzene rings is 1. The molecule has 1 atom stereocenters. The molecule has 0 heterocycles. The Morgan fingerprint density at radius 2 is 1.72 bits per heavy atom. The van der Waals surface area contributed by atoms with Gasteiger partial charge in [-0.1, -0.05) is 51.1 Å². The molecule has 0 spiro atoms. The molecule has 0 aromatic heterocycles. The van der Waals surface area contributed by atoms with E-state index in [0.29, 0.717) is 25.7 Å². The zero-order valence-corrected chi connectivity index (χ0v) is 15.6. The van der Waals surface area contributed by atoms with Gasteiger partial charge < -0.3 is 15.7 Å². The first-order chi connectivity index (χ1) is 11.6. The molecule has 1 saturated carbocycles. The highest BCUT2D eigenvalue weighted by Gasteiger charge is 2.46. The lowest BCUT2D eigenvalue weighted by atomic mass is 9.63. The Kier molecular flexibility index (Phi) is 5.76. The molecule has 0 radical (unpaired) electrons. The van der Waals surface area contributed by atoms with Crippen molar-refractivity contribution < 1.29 is 14.7 Å². The Morgan fingerprint density at radius 1 is 1.16 bits per heavy atom. The highest BCUT2D eigenvalue weighted by molar-refractivity contribution is 5.79. The molecule has 0 saturated heterocycles. The number of carbonyl (C=O) groups excluding carboxylic acids is 1. The Bertz CT molecular complexity index is 599. The van der Waals surface area contributed by atoms with Gasteiger partial charge in [-0.05, 0) is 43.6 Å². The van der Waals surface area contributed by atoms with Gasteiger partial charge in [0.25, 0.3) is 0 Å². The molecule has 1 aromatic rings. The predicted octanol–water partition coefficient (Wildman–Crippen LogP) is 4.11. The molecular weight excluding hydrogens is 316 g/mol. The second-order valence-corrected chi connectivity index (χ2v) is 8.18. The van der Waals surface area contributed by atoms with Gasteiger partial charge in [0.1, 0.15) is 0 Å². The van der Waals surface area contributed by atoms with Gasteiger partial charge in [0.05, 0.1) is 6.04 Å². The number of carboxylic acid groups (broad SMARTS) is 1. The van der Waals surface area contributed by atoms with E-state index in [1.165, 1.54) is 0 Å². The molecule has 5 heteroatoms. The fourth-order valence-electron chi connectivity index (χ4n) is 3.80. The SMILES string of the molecule is CC(NC(=O)C1CCC(NC(=O)O)(C(C)(C)C)CC1)c1ccccc1. The quantitative estimate of drug-likeness (QED) is 0.768. The number of amides is 2. The van der Waals surface area contributed by atoms with Gasteiger partial charge >= 0.3 is 6.09 Å². The first kappa shape index (κ1) is 19.3. The minimum atomic E-state index is -0.990. The maximum atomic E-state index is 12.6. The second kappa shape index (κ2) is 7.46. The molecule has 0 aliphatic heterocycles. The van der Waals surface area contributed by atoms with Crippen LogP contribution in [0.15, 0.2) is 30.3 Å². The first-order valence-electron chi connectivity index (χ1n) is 9.01. The summed E-state index contributed by atoms with van der Waals surface area (Å²) in [7, 11) is 0. The summed E-state index contributed by atoms with van der Waals surface area (Å²) in [6, 6.07) is 9.88. The highest BCUT2D eigenvalue weighted by atomic mass is 16.4. The van der Waals surface area contributed by atoms with Gasteiger partial charge in [0, 0.05) is 11.5 Å². The van der Waals surface area contributed by atoms with Gasteiger partial charge in [-0.15, -0.1) is 0 Å². The van der Waals surface area contributed by atoms with Crippen LogP contribution in [0.5, 0.6) is 0 Å². The van der Waals surface area contributed by atoms with Crippen molar-refractivity contribution in [2.75, 3.05) is 0 Å². The van der Waals surface area contributed by atoms with E-state index in [0.717, 1.165) is 5.56 Å². The molecule has 1 fully saturated rings. The van der Waals surface area contributed by atoms with E-state index in [9.17, 15) is 14.7 Å². The molecule has 2 amide bonds. The number of carbonyl (C=O) groups is 2. The number of hydrogen-bond acceptors (Lipinski definition) is 2. The molecule has 25 heavy (non-hydrogen) atoms. The van der Waals surface area contributed by atoms with Crippen LogP contribution in [0.4, 0.5) is 4.79 Å². The van der Waals surface area contributed by atoms with Crippen molar-refractivity contribution in [2.24, 2.45) is 11.3 Å². The van der Waals surface area contributed by atoms with Crippen LogP contribution in [-0.4, -0.2) is 22.6 Å². The molecule has 138 valence electrons. The highest BCUT2D eigenvalue weighted by Crippen LogP contribution is 2.43. The molecule has 1 aliphatic carbocycles. The normalized spacial score (nSPS) is 25.0. The lowest BCUT2D eigenvalue weighted by Gasteiger charge is -2.48. The fraction of sp³-hybridized carbons (Fsp3) is 0.600. The summed E-state index contributed by atoms with van der Waals surface area (Å²) in [5.41, 5.74) is 0.424. The number of hydrogen-bond donors (Lipinski definition) is 3. The van der Waals surface area contributed by atoms with E-state index in [1.807, 2.05) is 37.3 Å². The Balaban J connectivity index is 1.98. The van der Waals surface area contributed by atoms with Crippen molar-refractivity contribution in [1.29, 1.82) is 0 Å². The zero-order chi connectivity index (χ0) is 18.7. The smallest absolute Gasteiger partial charge is 0.405 e. The standard InChI is InChI=1S/C20H30N2O3/c1-14(15-8-6-5-7-9-15)21-17(23)16-10-12-20(13-11-16,19(2,3)4)22-18(24)25/h5-9,14,16,22H,10-13H2,1-4H3,(H,21,23)(H,24,25). The maximum Gasteiger partial charge on any atom is 0.405 e. The summed E-state index contributed by atoms with van der Waals surface area (Å²) in [5, 5.41) is 15.1. The fourth-order valence-corrected chi connectivity index (χ4v) is 3.80. The lowest BCUT2D eigenvalue weighted by molar-refractivity contribution is -0.127. The molecule has 2 rings (SSSR count). The summed E-state index contributed by atoms with van der Waals surface area (Å²) in [4.78, 5) is 23.9. The van der Waals surface area contributed by atoms with Crippen LogP contribution >= 0.6 is 0 Å². The van der Waals surface area contributed by atoms with Crippen molar-refractivity contribution in [1.82, 2.24) is 10.6 Å². The summed E-state index contributed by atoms with van der Waals surface area (Å²) < 4.78 is 0. The average molecular weight is 346 g/mol. The number of nitrogens with one attached hydrogen (secondary N) is 2. The Labute approximate surface area is 150 Å². The van der Waals surface area contributed by atoms with Gasteiger partial charge in [0.2, 0.25) is 5.91 Å². The van der Waals surface area contributed by atoms with Crippen LogP contribution in [0.25, 0.3) is 0 Å². The first-order valence-corrected chi connectivity index (χ1v) is 9.01. The topological polar surface area (TPSA) is 78.4 Å². The third kappa shape index (κ3) is 4.53. The molecule has 1 aliphatic rings. The Hall–Kier alpha value is -2.04. The molecule has 1 unspecified atom stereocenters. The molecule has 0 bridgehead atoms. The van der Waals surface area contributed by atoms with Crippen LogP contribution in [0, 0.1) is 11.3 Å². The zero-order valence-electron chi connectivity index (χ0n) is 15.6. The van der Waals surface area contributed by atoms with Crippen LogP contribution in [0.2, 0.25) is 0 Å². The van der Waals surface area contributed by atoms with Crippen molar-refractivity contribution >= 4 is 12.0 Å². The molecule has 1 aromatic carbocycles. The lowest BCUT2D eigenvalue weighted by Crippen LogP contribution is -2.59. The van der Waals surface area contributed by atoms with E-state index in [1.54, 1.807) is 0 Å². The summed E-state index contributed by atoms with van der Waals surface area (Å²) in [5.74, 6) is 0.00594. The molecule has 5 nitrogen and oxygen atoms in total. The van der Waals surface area contributed by atoms with E-state index in [4.69, 9.17) is 0 Å². The van der Waals surface area contributed by atoms with Crippen LogP contribution in [0.1, 0.15) is 65.0 Å². The predicted molar refractivity (Wildman–Crippen MR) is 98.3 cm³/mol. The van der Waals surface area contributed by atoms with Crippen molar-refractivity contribution in [2.45, 2.75) is 65.0 Å². The van der Waals surface area contributed by atoms with E-state index in [-0.39, 0.29) is 23.3 Å². The maximum absolute atomic E-state index is 12.6. The molecule has 3 N–H and O–H groups in total. The van der Waals surface area contributed by atoms with Crippen LogP contribution in [-0.2, 0) is 4.79 Å². The van der Waals surface area contributed by atoms with Crippen LogP contribution in [0.3, 0.4) is 0 Å². The monoisotopic (exact) mass is 346 g/mol. The molecular formula is C20H30N2O3. The minimum Gasteiger partial charge on any atom is -0.465 e. The third-order valence-electron chi connectivity index (χ3n) is 5.65. The Morgan fingerprint density at radius 3 is 2.20 bits per heavy atom. The largest absolute Gasteiger partial charge is 0.465 e.